The van der Waals surface area contributed by atoms with Gasteiger partial charge in [-0.05, 0) is 87.1 Å². The van der Waals surface area contributed by atoms with Gasteiger partial charge in [0.15, 0.2) is 0 Å². The molecule has 0 bridgehead atoms. The van der Waals surface area contributed by atoms with Gasteiger partial charge >= 0.3 is 0 Å². The molecule has 2 heteroatoms. The Morgan fingerprint density at radius 3 is 0.950 bits per heavy atom. The summed E-state index contributed by atoms with van der Waals surface area (Å²) in [6, 6.07) is 6.88. The number of benzene rings is 2. The number of hydrogen-bond donors (Lipinski definition) is 0. The van der Waals surface area contributed by atoms with Crippen molar-refractivity contribution in [2.24, 2.45) is 0 Å². The fraction of sp³-hybridized carbons (Fsp3) is 0.333. The van der Waals surface area contributed by atoms with Crippen molar-refractivity contribution in [2.75, 3.05) is 0 Å². The van der Waals surface area contributed by atoms with Gasteiger partial charge in [-0.25, -0.2) is 8.78 Å². The highest BCUT2D eigenvalue weighted by molar-refractivity contribution is 5.31. The van der Waals surface area contributed by atoms with E-state index in [4.69, 9.17) is 0 Å². The average molecular weight is 276 g/mol. The van der Waals surface area contributed by atoms with Gasteiger partial charge in [-0.3, -0.25) is 0 Å². The normalized spacial score (nSPS) is 10.0. The highest BCUT2D eigenvalue weighted by atomic mass is 19.1. The molecular weight excluding hydrogens is 254 g/mol. The van der Waals surface area contributed by atoms with Crippen LogP contribution >= 0.6 is 0 Å². The minimum absolute atomic E-state index is 0.108. The van der Waals surface area contributed by atoms with Crippen LogP contribution < -0.4 is 0 Å². The fourth-order valence-corrected chi connectivity index (χ4v) is 1.85. The second kappa shape index (κ2) is 6.65. The summed E-state index contributed by atoms with van der Waals surface area (Å²) in [4.78, 5) is 0. The number of halogens is 2. The monoisotopic (exact) mass is 276 g/mol. The third-order valence-corrected chi connectivity index (χ3v) is 3.55. The maximum Gasteiger partial charge on any atom is 0.126 e. The van der Waals surface area contributed by atoms with Crippen molar-refractivity contribution in [2.45, 2.75) is 41.5 Å². The number of hydrogen-bond acceptors (Lipinski definition) is 0. The molecule has 2 aromatic carbocycles. The average Bonchev–Trinajstić information content (AvgIpc) is 2.35. The Balaban J connectivity index is 0.000000200. The minimum atomic E-state index is -0.108. The Hall–Kier alpha value is -1.70. The number of rotatable bonds is 0. The van der Waals surface area contributed by atoms with E-state index >= 15 is 0 Å². The molecule has 0 spiro atoms. The van der Waals surface area contributed by atoms with Crippen LogP contribution in [0.1, 0.15) is 33.4 Å². The van der Waals surface area contributed by atoms with Gasteiger partial charge in [0.05, 0.1) is 0 Å². The van der Waals surface area contributed by atoms with Gasteiger partial charge in [0.1, 0.15) is 11.6 Å². The van der Waals surface area contributed by atoms with Gasteiger partial charge in [-0.15, -0.1) is 0 Å². The standard InChI is InChI=1S/2C9H11F/c2*1-6-4-8(3)9(10)5-7(6)2/h2*4-5H,1-3H3. The smallest absolute Gasteiger partial charge is 0.126 e. The molecule has 0 saturated heterocycles. The molecule has 0 aliphatic heterocycles. The Labute approximate surface area is 120 Å². The molecule has 108 valence electrons. The lowest BCUT2D eigenvalue weighted by molar-refractivity contribution is 0.616. The first-order valence-electron chi connectivity index (χ1n) is 6.69. The summed E-state index contributed by atoms with van der Waals surface area (Å²) < 4.78 is 25.5. The van der Waals surface area contributed by atoms with Crippen LogP contribution in [0.4, 0.5) is 8.78 Å². The molecule has 0 aliphatic rings. The molecule has 0 fully saturated rings. The van der Waals surface area contributed by atoms with Gasteiger partial charge in [-0.2, -0.15) is 0 Å². The van der Waals surface area contributed by atoms with E-state index in [0.717, 1.165) is 33.4 Å². The Morgan fingerprint density at radius 1 is 0.450 bits per heavy atom. The van der Waals surface area contributed by atoms with E-state index in [1.165, 1.54) is 0 Å². The predicted molar refractivity (Wildman–Crippen MR) is 81.2 cm³/mol. The number of aryl methyl sites for hydroxylation is 6. The van der Waals surface area contributed by atoms with Crippen LogP contribution in [0.5, 0.6) is 0 Å². The first kappa shape index (κ1) is 16.4. The summed E-state index contributed by atoms with van der Waals surface area (Å²) in [5, 5.41) is 0. The zero-order valence-corrected chi connectivity index (χ0v) is 13.1. The summed E-state index contributed by atoms with van der Waals surface area (Å²) in [7, 11) is 0. The van der Waals surface area contributed by atoms with Crippen LogP contribution in [0, 0.1) is 53.2 Å². The summed E-state index contributed by atoms with van der Waals surface area (Å²) in [6.07, 6.45) is 0. The van der Waals surface area contributed by atoms with Crippen LogP contribution in [0.2, 0.25) is 0 Å². The Kier molecular flexibility index (Phi) is 5.43. The molecule has 2 rings (SSSR count). The Bertz CT molecular complexity index is 457. The molecule has 0 aliphatic carbocycles. The van der Waals surface area contributed by atoms with Gasteiger partial charge < -0.3 is 0 Å². The van der Waals surface area contributed by atoms with Crippen molar-refractivity contribution < 1.29 is 8.78 Å². The minimum Gasteiger partial charge on any atom is -0.207 e. The lowest BCUT2D eigenvalue weighted by Crippen LogP contribution is -1.87. The van der Waals surface area contributed by atoms with E-state index in [2.05, 4.69) is 0 Å². The molecule has 2 aromatic rings. The summed E-state index contributed by atoms with van der Waals surface area (Å²) in [5.74, 6) is -0.216. The SMILES string of the molecule is Cc1cc(C)c(F)cc1C.Cc1cc(C)c(F)cc1C. The maximum absolute atomic E-state index is 12.8. The zero-order valence-electron chi connectivity index (χ0n) is 13.1. The summed E-state index contributed by atoms with van der Waals surface area (Å²) in [6.45, 7) is 11.4. The van der Waals surface area contributed by atoms with Crippen molar-refractivity contribution in [3.8, 4) is 0 Å². The molecule has 0 amide bonds. The quantitative estimate of drug-likeness (QED) is 0.596. The van der Waals surface area contributed by atoms with Crippen molar-refractivity contribution in [3.63, 3.8) is 0 Å². The second-order valence-corrected chi connectivity index (χ2v) is 5.37. The van der Waals surface area contributed by atoms with Crippen molar-refractivity contribution in [1.29, 1.82) is 0 Å². The van der Waals surface area contributed by atoms with Crippen LogP contribution in [0.15, 0.2) is 24.3 Å². The molecule has 0 nitrogen and oxygen atoms in total. The van der Waals surface area contributed by atoms with Gasteiger partial charge in [0, 0.05) is 0 Å². The van der Waals surface area contributed by atoms with Gasteiger partial charge in [-0.1, -0.05) is 12.1 Å². The summed E-state index contributed by atoms with van der Waals surface area (Å²) >= 11 is 0. The van der Waals surface area contributed by atoms with Crippen LogP contribution in [0.25, 0.3) is 0 Å². The highest BCUT2D eigenvalue weighted by Crippen LogP contribution is 2.13. The lowest BCUT2D eigenvalue weighted by Gasteiger charge is -2.01. The van der Waals surface area contributed by atoms with Crippen LogP contribution in [-0.4, -0.2) is 0 Å². The maximum atomic E-state index is 12.8. The molecule has 0 heterocycles. The molecule has 0 aromatic heterocycles. The molecular formula is C18H22F2. The van der Waals surface area contributed by atoms with Crippen LogP contribution in [-0.2, 0) is 0 Å². The molecule has 0 radical (unpaired) electrons. The lowest BCUT2D eigenvalue weighted by atomic mass is 10.1. The Morgan fingerprint density at radius 2 is 0.700 bits per heavy atom. The van der Waals surface area contributed by atoms with Gasteiger partial charge in [0.25, 0.3) is 0 Å². The molecule has 0 N–H and O–H groups in total. The van der Waals surface area contributed by atoms with E-state index in [1.54, 1.807) is 26.0 Å². The van der Waals surface area contributed by atoms with Crippen molar-refractivity contribution >= 4 is 0 Å². The topological polar surface area (TPSA) is 0 Å². The third-order valence-electron chi connectivity index (χ3n) is 3.55. The molecule has 0 unspecified atom stereocenters. The van der Waals surface area contributed by atoms with E-state index in [0.29, 0.717) is 0 Å². The largest absolute Gasteiger partial charge is 0.207 e. The van der Waals surface area contributed by atoms with E-state index in [1.807, 2.05) is 39.8 Å². The summed E-state index contributed by atoms with van der Waals surface area (Å²) in [5.41, 5.74) is 5.79. The van der Waals surface area contributed by atoms with Crippen molar-refractivity contribution in [1.82, 2.24) is 0 Å². The van der Waals surface area contributed by atoms with E-state index in [-0.39, 0.29) is 11.6 Å². The van der Waals surface area contributed by atoms with E-state index in [9.17, 15) is 8.78 Å². The molecule has 20 heavy (non-hydrogen) atoms. The van der Waals surface area contributed by atoms with Crippen molar-refractivity contribution in [3.05, 3.63) is 69.3 Å². The van der Waals surface area contributed by atoms with Gasteiger partial charge in [0.2, 0.25) is 0 Å². The first-order valence-corrected chi connectivity index (χ1v) is 6.69. The van der Waals surface area contributed by atoms with E-state index < -0.39 is 0 Å². The highest BCUT2D eigenvalue weighted by Gasteiger charge is 1.99. The second-order valence-electron chi connectivity index (χ2n) is 5.37. The first-order chi connectivity index (χ1) is 9.22. The zero-order chi connectivity index (χ0) is 15.4. The van der Waals surface area contributed by atoms with Crippen LogP contribution in [0.3, 0.4) is 0 Å². The predicted octanol–water partition coefficient (Wildman–Crippen LogP) is 5.50. The molecule has 0 atom stereocenters. The third kappa shape index (κ3) is 4.16. The fourth-order valence-electron chi connectivity index (χ4n) is 1.85. The molecule has 0 saturated carbocycles.